The predicted octanol–water partition coefficient (Wildman–Crippen LogP) is 6.85. The van der Waals surface area contributed by atoms with Crippen LogP contribution >= 0.6 is 11.8 Å². The number of benzene rings is 3. The number of amides is 2. The first-order valence-electron chi connectivity index (χ1n) is 12.2. The van der Waals surface area contributed by atoms with Crippen molar-refractivity contribution < 1.29 is 14.3 Å². The Balaban J connectivity index is 1.43. The van der Waals surface area contributed by atoms with Crippen molar-refractivity contribution >= 4 is 35.0 Å². The Labute approximate surface area is 211 Å². The van der Waals surface area contributed by atoms with Crippen molar-refractivity contribution in [2.75, 3.05) is 23.1 Å². The van der Waals surface area contributed by atoms with E-state index in [0.29, 0.717) is 17.0 Å². The summed E-state index contributed by atoms with van der Waals surface area (Å²) in [5.74, 6) is 1.09. The van der Waals surface area contributed by atoms with Crippen LogP contribution in [0.5, 0.6) is 5.75 Å². The van der Waals surface area contributed by atoms with Crippen molar-refractivity contribution in [3.63, 3.8) is 0 Å². The molecule has 2 amide bonds. The molecular weight excluding hydrogens is 456 g/mol. The van der Waals surface area contributed by atoms with E-state index in [9.17, 15) is 9.59 Å². The monoisotopic (exact) mass is 488 g/mol. The number of unbranched alkanes of at least 4 members (excludes halogenated alkanes) is 3. The summed E-state index contributed by atoms with van der Waals surface area (Å²) in [6, 6.07) is 23.1. The van der Waals surface area contributed by atoms with Crippen molar-refractivity contribution in [3.8, 4) is 5.75 Å². The third-order valence-electron chi connectivity index (χ3n) is 6.18. The van der Waals surface area contributed by atoms with E-state index < -0.39 is 0 Å². The molecule has 0 saturated carbocycles. The molecule has 182 valence electrons. The fraction of sp³-hybridized carbons (Fsp3) is 0.310. The molecular formula is C29H32N2O3S. The summed E-state index contributed by atoms with van der Waals surface area (Å²) in [6.07, 6.45) is 5.98. The van der Waals surface area contributed by atoms with Crippen LogP contribution in [-0.4, -0.2) is 24.7 Å². The molecule has 4 rings (SSSR count). The molecule has 1 fully saturated rings. The molecule has 1 aliphatic heterocycles. The smallest absolute Gasteiger partial charge is 0.255 e. The lowest BCUT2D eigenvalue weighted by molar-refractivity contribution is -0.115. The average molecular weight is 489 g/mol. The van der Waals surface area contributed by atoms with Crippen LogP contribution in [0.2, 0.25) is 0 Å². The molecule has 0 aliphatic carbocycles. The van der Waals surface area contributed by atoms with Gasteiger partial charge in [-0.3, -0.25) is 14.5 Å². The van der Waals surface area contributed by atoms with Crippen LogP contribution in [0.15, 0.2) is 72.8 Å². The van der Waals surface area contributed by atoms with Gasteiger partial charge in [-0.25, -0.2) is 0 Å². The molecule has 35 heavy (non-hydrogen) atoms. The first-order chi connectivity index (χ1) is 17.1. The van der Waals surface area contributed by atoms with Gasteiger partial charge in [0.25, 0.3) is 5.91 Å². The summed E-state index contributed by atoms with van der Waals surface area (Å²) in [6.45, 7) is 2.21. The van der Waals surface area contributed by atoms with Gasteiger partial charge in [-0.15, -0.1) is 11.8 Å². The molecule has 1 heterocycles. The van der Waals surface area contributed by atoms with Gasteiger partial charge in [0, 0.05) is 16.9 Å². The quantitative estimate of drug-likeness (QED) is 0.317. The average Bonchev–Trinajstić information content (AvgIpc) is 3.28. The zero-order valence-electron chi connectivity index (χ0n) is 20.3. The largest absolute Gasteiger partial charge is 0.497 e. The second-order valence-electron chi connectivity index (χ2n) is 8.71. The topological polar surface area (TPSA) is 58.6 Å². The first-order valence-corrected chi connectivity index (χ1v) is 13.2. The highest BCUT2D eigenvalue weighted by Crippen LogP contribution is 2.42. The molecule has 1 aliphatic rings. The number of thioether (sulfide) groups is 1. The van der Waals surface area contributed by atoms with E-state index in [-0.39, 0.29) is 17.2 Å². The zero-order valence-corrected chi connectivity index (χ0v) is 21.1. The normalized spacial score (nSPS) is 15.3. The number of carbonyl (C=O) groups excluding carboxylic acids is 2. The summed E-state index contributed by atoms with van der Waals surface area (Å²) < 4.78 is 5.24. The second kappa shape index (κ2) is 11.9. The van der Waals surface area contributed by atoms with Crippen LogP contribution in [0.3, 0.4) is 0 Å². The Hall–Kier alpha value is -3.25. The molecule has 3 aromatic carbocycles. The fourth-order valence-electron chi connectivity index (χ4n) is 4.24. The van der Waals surface area contributed by atoms with E-state index >= 15 is 0 Å². The molecule has 1 saturated heterocycles. The highest BCUT2D eigenvalue weighted by Gasteiger charge is 2.34. The number of rotatable bonds is 10. The van der Waals surface area contributed by atoms with Crippen molar-refractivity contribution in [3.05, 3.63) is 89.5 Å². The van der Waals surface area contributed by atoms with Gasteiger partial charge < -0.3 is 10.1 Å². The molecule has 0 unspecified atom stereocenters. The lowest BCUT2D eigenvalue weighted by Crippen LogP contribution is -2.27. The summed E-state index contributed by atoms with van der Waals surface area (Å²) >= 11 is 1.58. The van der Waals surface area contributed by atoms with E-state index in [1.165, 1.54) is 31.2 Å². The van der Waals surface area contributed by atoms with E-state index in [1.54, 1.807) is 18.9 Å². The van der Waals surface area contributed by atoms with E-state index in [4.69, 9.17) is 4.74 Å². The van der Waals surface area contributed by atoms with Crippen LogP contribution in [-0.2, 0) is 11.2 Å². The number of hydrogen-bond donors (Lipinski definition) is 1. The molecule has 0 bridgehead atoms. The highest BCUT2D eigenvalue weighted by atomic mass is 32.2. The molecule has 5 nitrogen and oxygen atoms in total. The maximum Gasteiger partial charge on any atom is 0.255 e. The highest BCUT2D eigenvalue weighted by molar-refractivity contribution is 8.00. The van der Waals surface area contributed by atoms with Gasteiger partial charge >= 0.3 is 0 Å². The number of nitrogens with one attached hydrogen (secondary N) is 1. The molecule has 1 atom stereocenters. The van der Waals surface area contributed by atoms with Gasteiger partial charge in [-0.1, -0.05) is 50.5 Å². The summed E-state index contributed by atoms with van der Waals surface area (Å²) in [5, 5.41) is 2.86. The third kappa shape index (κ3) is 6.25. The van der Waals surface area contributed by atoms with E-state index in [0.717, 1.165) is 23.4 Å². The van der Waals surface area contributed by atoms with Crippen molar-refractivity contribution in [1.29, 1.82) is 0 Å². The molecule has 0 radical (unpaired) electrons. The SMILES string of the molecule is CCCCCCc1ccc(C(=O)Nc2cccc([C@H]3SCC(=O)N3c3ccc(OC)cc3)c2)cc1. The van der Waals surface area contributed by atoms with Gasteiger partial charge in [0.15, 0.2) is 0 Å². The molecule has 0 aromatic heterocycles. The van der Waals surface area contributed by atoms with Crippen LogP contribution in [0, 0.1) is 0 Å². The number of methoxy groups -OCH3 is 1. The van der Waals surface area contributed by atoms with Crippen LogP contribution in [0.1, 0.15) is 59.5 Å². The van der Waals surface area contributed by atoms with Crippen LogP contribution < -0.4 is 15.0 Å². The maximum atomic E-state index is 12.9. The molecule has 3 aromatic rings. The van der Waals surface area contributed by atoms with Crippen LogP contribution in [0.25, 0.3) is 0 Å². The van der Waals surface area contributed by atoms with Gasteiger partial charge in [-0.2, -0.15) is 0 Å². The number of ether oxygens (including phenoxy) is 1. The van der Waals surface area contributed by atoms with Gasteiger partial charge in [0.1, 0.15) is 11.1 Å². The Kier molecular flexibility index (Phi) is 8.48. The Morgan fingerprint density at radius 1 is 1.03 bits per heavy atom. The minimum atomic E-state index is -0.153. The van der Waals surface area contributed by atoms with Crippen LogP contribution in [0.4, 0.5) is 11.4 Å². The van der Waals surface area contributed by atoms with Crippen molar-refractivity contribution in [2.24, 2.45) is 0 Å². The molecule has 0 spiro atoms. The first kappa shape index (κ1) is 24.9. The Morgan fingerprint density at radius 3 is 2.51 bits per heavy atom. The minimum Gasteiger partial charge on any atom is -0.497 e. The molecule has 6 heteroatoms. The Morgan fingerprint density at radius 2 is 1.80 bits per heavy atom. The summed E-state index contributed by atoms with van der Waals surface area (Å²) in [4.78, 5) is 27.4. The Bertz CT molecular complexity index is 1150. The minimum absolute atomic E-state index is 0.0642. The van der Waals surface area contributed by atoms with Crippen molar-refractivity contribution in [2.45, 2.75) is 44.4 Å². The maximum absolute atomic E-state index is 12.9. The van der Waals surface area contributed by atoms with Gasteiger partial charge in [0.05, 0.1) is 12.9 Å². The number of aryl methyl sites for hydroxylation is 1. The van der Waals surface area contributed by atoms with Gasteiger partial charge in [0.2, 0.25) is 5.91 Å². The number of anilines is 2. The lowest BCUT2D eigenvalue weighted by Gasteiger charge is -2.25. The third-order valence-corrected chi connectivity index (χ3v) is 7.40. The zero-order chi connectivity index (χ0) is 24.6. The van der Waals surface area contributed by atoms with E-state index in [1.807, 2.05) is 77.7 Å². The number of hydrogen-bond acceptors (Lipinski definition) is 4. The van der Waals surface area contributed by atoms with E-state index in [2.05, 4.69) is 12.2 Å². The fourth-order valence-corrected chi connectivity index (χ4v) is 5.41. The summed E-state index contributed by atoms with van der Waals surface area (Å²) in [7, 11) is 1.62. The molecule has 1 N–H and O–H groups in total. The standard InChI is InChI=1S/C29H32N2O3S/c1-3-4-5-6-8-21-11-13-22(14-12-21)28(33)30-24-10-7-9-23(19-24)29-31(27(32)20-35-29)25-15-17-26(34-2)18-16-25/h7,9-19,29H,3-6,8,20H2,1-2H3,(H,30,33)/t29-/m1/s1. The number of nitrogens with zero attached hydrogens (tertiary/aromatic N) is 1. The van der Waals surface area contributed by atoms with Gasteiger partial charge in [-0.05, 0) is 72.5 Å². The number of carbonyl (C=O) groups is 2. The lowest BCUT2D eigenvalue weighted by atomic mass is 10.0. The second-order valence-corrected chi connectivity index (χ2v) is 9.78. The summed E-state index contributed by atoms with van der Waals surface area (Å²) in [5.41, 5.74) is 4.41. The predicted molar refractivity (Wildman–Crippen MR) is 144 cm³/mol. The van der Waals surface area contributed by atoms with Crippen molar-refractivity contribution in [1.82, 2.24) is 0 Å².